The quantitative estimate of drug-likeness (QED) is 0.799. The van der Waals surface area contributed by atoms with E-state index >= 15 is 0 Å². The normalized spacial score (nSPS) is 10.4. The maximum atomic E-state index is 11.8. The maximum Gasteiger partial charge on any atom is 0.346 e. The number of hydrogen-bond donors (Lipinski definition) is 2. The summed E-state index contributed by atoms with van der Waals surface area (Å²) in [4.78, 5) is 29.5. The van der Waals surface area contributed by atoms with Gasteiger partial charge in [0, 0.05) is 6.54 Å². The van der Waals surface area contributed by atoms with Gasteiger partial charge in [-0.3, -0.25) is 4.79 Å². The first-order chi connectivity index (χ1) is 9.20. The average Bonchev–Trinajstić information content (AvgIpc) is 2.92. The zero-order valence-corrected chi connectivity index (χ0v) is 10.6. The van der Waals surface area contributed by atoms with Crippen LogP contribution in [0.2, 0.25) is 0 Å². The Balaban J connectivity index is 2.22. The van der Waals surface area contributed by atoms with Gasteiger partial charge in [-0.25, -0.2) is 4.79 Å². The molecule has 0 saturated carbocycles. The number of hydrogen-bond acceptors (Lipinski definition) is 4. The Bertz CT molecular complexity index is 602. The average molecular weight is 261 g/mol. The summed E-state index contributed by atoms with van der Waals surface area (Å²) in [6.45, 7) is 2.60. The van der Waals surface area contributed by atoms with Crippen LogP contribution in [-0.4, -0.2) is 22.4 Å². The lowest BCUT2D eigenvalue weighted by atomic mass is 10.2. The van der Waals surface area contributed by atoms with Gasteiger partial charge >= 0.3 is 5.69 Å². The summed E-state index contributed by atoms with van der Waals surface area (Å²) in [6, 6.07) is 4.90. The van der Waals surface area contributed by atoms with Crippen molar-refractivity contribution >= 4 is 5.91 Å². The van der Waals surface area contributed by atoms with Gasteiger partial charge in [0.05, 0.1) is 12.0 Å². The molecule has 100 valence electrons. The topological polar surface area (TPSA) is 88.0 Å². The van der Waals surface area contributed by atoms with E-state index in [4.69, 9.17) is 4.42 Å². The van der Waals surface area contributed by atoms with Crippen LogP contribution in [0.4, 0.5) is 0 Å². The summed E-state index contributed by atoms with van der Waals surface area (Å²) in [5.74, 6) is 0.134. The van der Waals surface area contributed by atoms with Gasteiger partial charge in [-0.1, -0.05) is 13.3 Å². The van der Waals surface area contributed by atoms with Crippen LogP contribution >= 0.6 is 0 Å². The van der Waals surface area contributed by atoms with Gasteiger partial charge in [0.1, 0.15) is 11.5 Å². The van der Waals surface area contributed by atoms with Gasteiger partial charge < -0.3 is 14.7 Å². The van der Waals surface area contributed by atoms with Crippen LogP contribution in [0.3, 0.4) is 0 Å². The van der Waals surface area contributed by atoms with Crippen LogP contribution in [-0.2, 0) is 0 Å². The molecule has 0 fully saturated rings. The first kappa shape index (κ1) is 13.1. The van der Waals surface area contributed by atoms with Crippen LogP contribution in [0.5, 0.6) is 0 Å². The lowest BCUT2D eigenvalue weighted by Gasteiger charge is -2.04. The molecular weight excluding hydrogens is 246 g/mol. The second kappa shape index (κ2) is 5.99. The monoisotopic (exact) mass is 261 g/mol. The van der Waals surface area contributed by atoms with E-state index < -0.39 is 5.69 Å². The summed E-state index contributed by atoms with van der Waals surface area (Å²) in [6.07, 6.45) is 3.37. The molecule has 2 N–H and O–H groups in total. The lowest BCUT2D eigenvalue weighted by Crippen LogP contribution is -2.28. The number of nitrogens with zero attached hydrogens (tertiary/aromatic N) is 1. The molecule has 0 aliphatic carbocycles. The van der Waals surface area contributed by atoms with E-state index in [1.807, 2.05) is 6.92 Å². The van der Waals surface area contributed by atoms with Crippen LogP contribution in [0.1, 0.15) is 30.3 Å². The minimum Gasteiger partial charge on any atom is -0.463 e. The molecule has 0 spiro atoms. The zero-order valence-electron chi connectivity index (χ0n) is 10.6. The summed E-state index contributed by atoms with van der Waals surface area (Å²) in [7, 11) is 0. The number of furan rings is 1. The van der Waals surface area contributed by atoms with Gasteiger partial charge in [-0.15, -0.1) is 0 Å². The number of carbonyl (C=O) groups excluding carboxylic acids is 1. The fourth-order valence-corrected chi connectivity index (χ4v) is 1.61. The second-order valence-corrected chi connectivity index (χ2v) is 4.07. The van der Waals surface area contributed by atoms with Crippen molar-refractivity contribution in [2.45, 2.75) is 19.8 Å². The first-order valence-electron chi connectivity index (χ1n) is 6.14. The van der Waals surface area contributed by atoms with E-state index in [9.17, 15) is 9.59 Å². The van der Waals surface area contributed by atoms with Gasteiger partial charge in [-0.2, -0.15) is 4.98 Å². The highest BCUT2D eigenvalue weighted by atomic mass is 16.3. The molecule has 0 atom stereocenters. The minimum absolute atomic E-state index is 0.0891. The van der Waals surface area contributed by atoms with E-state index in [1.165, 1.54) is 12.3 Å². The van der Waals surface area contributed by atoms with Crippen molar-refractivity contribution in [2.24, 2.45) is 0 Å². The Kier molecular flexibility index (Phi) is 4.12. The molecule has 2 aromatic rings. The third-order valence-corrected chi connectivity index (χ3v) is 2.58. The standard InChI is InChI=1S/C13H15N3O3/c1-2-3-6-14-12(17)10-8-9(15-13(18)16-10)11-5-4-7-19-11/h4-5,7-8H,2-3,6H2,1H3,(H,14,17)(H,15,16,18). The zero-order chi connectivity index (χ0) is 13.7. The van der Waals surface area contributed by atoms with Gasteiger partial charge in [-0.05, 0) is 24.6 Å². The highest BCUT2D eigenvalue weighted by Crippen LogP contribution is 2.15. The third kappa shape index (κ3) is 3.31. The number of rotatable bonds is 5. The Morgan fingerprint density at radius 1 is 1.53 bits per heavy atom. The maximum absolute atomic E-state index is 11.8. The van der Waals surface area contributed by atoms with E-state index in [0.717, 1.165) is 12.8 Å². The number of nitrogens with one attached hydrogen (secondary N) is 2. The minimum atomic E-state index is -0.574. The van der Waals surface area contributed by atoms with E-state index in [2.05, 4.69) is 15.3 Å². The van der Waals surface area contributed by atoms with Crippen molar-refractivity contribution in [3.8, 4) is 11.5 Å². The Morgan fingerprint density at radius 2 is 2.37 bits per heavy atom. The molecule has 0 aromatic carbocycles. The first-order valence-corrected chi connectivity index (χ1v) is 6.14. The van der Waals surface area contributed by atoms with Crippen molar-refractivity contribution in [1.82, 2.24) is 15.3 Å². The molecule has 0 unspecified atom stereocenters. The van der Waals surface area contributed by atoms with Crippen molar-refractivity contribution in [1.29, 1.82) is 0 Å². The smallest absolute Gasteiger partial charge is 0.346 e. The molecule has 19 heavy (non-hydrogen) atoms. The second-order valence-electron chi connectivity index (χ2n) is 4.07. The molecule has 6 nitrogen and oxygen atoms in total. The lowest BCUT2D eigenvalue weighted by molar-refractivity contribution is 0.0947. The Hall–Kier alpha value is -2.37. The van der Waals surface area contributed by atoms with Crippen molar-refractivity contribution in [3.63, 3.8) is 0 Å². The number of aromatic amines is 1. The Labute approximate surface area is 109 Å². The molecule has 0 aliphatic heterocycles. The van der Waals surface area contributed by atoms with Crippen LogP contribution in [0.15, 0.2) is 33.7 Å². The molecule has 1 amide bonds. The molecule has 0 radical (unpaired) electrons. The summed E-state index contributed by atoms with van der Waals surface area (Å²) in [5.41, 5.74) is -0.0496. The van der Waals surface area contributed by atoms with Gasteiger partial charge in [0.25, 0.3) is 5.91 Å². The molecule has 6 heteroatoms. The molecule has 0 saturated heterocycles. The number of unbranched alkanes of at least 4 members (excludes halogenated alkanes) is 1. The number of aromatic nitrogens is 2. The van der Waals surface area contributed by atoms with Crippen LogP contribution in [0, 0.1) is 0 Å². The van der Waals surface area contributed by atoms with Crippen molar-refractivity contribution < 1.29 is 9.21 Å². The number of carbonyl (C=O) groups is 1. The molecule has 2 heterocycles. The highest BCUT2D eigenvalue weighted by molar-refractivity contribution is 5.92. The van der Waals surface area contributed by atoms with E-state index in [-0.39, 0.29) is 11.6 Å². The fraction of sp³-hybridized carbons (Fsp3) is 0.308. The summed E-state index contributed by atoms with van der Waals surface area (Å²) >= 11 is 0. The molecular formula is C13H15N3O3. The summed E-state index contributed by atoms with van der Waals surface area (Å²) < 4.78 is 5.18. The summed E-state index contributed by atoms with van der Waals surface area (Å²) in [5, 5.41) is 2.71. The fourth-order valence-electron chi connectivity index (χ4n) is 1.61. The van der Waals surface area contributed by atoms with Crippen LogP contribution in [0.25, 0.3) is 11.5 Å². The molecule has 2 rings (SSSR count). The van der Waals surface area contributed by atoms with Crippen LogP contribution < -0.4 is 11.0 Å². The molecule has 0 bridgehead atoms. The molecule has 0 aliphatic rings. The molecule has 2 aromatic heterocycles. The SMILES string of the molecule is CCCCNC(=O)c1cc(-c2ccco2)[nH]c(=O)n1. The third-order valence-electron chi connectivity index (χ3n) is 2.58. The van der Waals surface area contributed by atoms with E-state index in [0.29, 0.717) is 18.0 Å². The van der Waals surface area contributed by atoms with Gasteiger partial charge in [0.15, 0.2) is 0 Å². The Morgan fingerprint density at radius 3 is 3.05 bits per heavy atom. The highest BCUT2D eigenvalue weighted by Gasteiger charge is 2.11. The predicted molar refractivity (Wildman–Crippen MR) is 69.8 cm³/mol. The van der Waals surface area contributed by atoms with Crippen molar-refractivity contribution in [2.75, 3.05) is 6.54 Å². The largest absolute Gasteiger partial charge is 0.463 e. The van der Waals surface area contributed by atoms with Crippen molar-refractivity contribution in [3.05, 3.63) is 40.6 Å². The van der Waals surface area contributed by atoms with E-state index in [1.54, 1.807) is 12.1 Å². The predicted octanol–water partition coefficient (Wildman–Crippen LogP) is 1.56. The number of H-pyrrole nitrogens is 1. The number of amides is 1. The van der Waals surface area contributed by atoms with Gasteiger partial charge in [0.2, 0.25) is 0 Å².